The molecule has 10 heteroatoms. The molecular weight excluding hydrogens is 370 g/mol. The maximum absolute atomic E-state index is 12.4. The fourth-order valence-corrected chi connectivity index (χ4v) is 2.51. The van der Waals surface area contributed by atoms with Crippen LogP contribution >= 0.6 is 0 Å². The minimum atomic E-state index is -0.936. The number of ether oxygens (including phenoxy) is 1. The molecule has 0 bridgehead atoms. The first-order valence-electron chi connectivity index (χ1n) is 8.16. The lowest BCUT2D eigenvalue weighted by Gasteiger charge is -2.25. The maximum Gasteiger partial charge on any atom is 0.326 e. The van der Waals surface area contributed by atoms with Crippen LogP contribution < -0.4 is 10.9 Å². The van der Waals surface area contributed by atoms with Crippen LogP contribution in [0.4, 0.5) is 0 Å². The molecule has 1 aromatic heterocycles. The number of nitrogens with one attached hydrogen (secondary N) is 2. The van der Waals surface area contributed by atoms with Gasteiger partial charge in [0.2, 0.25) is 5.91 Å². The van der Waals surface area contributed by atoms with Crippen molar-refractivity contribution < 1.29 is 33.1 Å². The summed E-state index contributed by atoms with van der Waals surface area (Å²) in [5, 5.41) is 0. The van der Waals surface area contributed by atoms with E-state index in [0.717, 1.165) is 4.90 Å². The van der Waals surface area contributed by atoms with Gasteiger partial charge in [0.1, 0.15) is 6.54 Å². The molecule has 0 saturated heterocycles. The summed E-state index contributed by atoms with van der Waals surface area (Å²) in [4.78, 5) is 60.3. The number of benzene rings is 1. The van der Waals surface area contributed by atoms with Crippen molar-refractivity contribution in [2.24, 2.45) is 0 Å². The van der Waals surface area contributed by atoms with Crippen LogP contribution in [0.2, 0.25) is 0 Å². The molecule has 0 atom stereocenters. The number of hydrogen-bond donors (Lipinski definition) is 2. The number of carbonyl (C=O) groups is 5. The fourth-order valence-electron chi connectivity index (χ4n) is 2.51. The first-order chi connectivity index (χ1) is 13.5. The van der Waals surface area contributed by atoms with Crippen LogP contribution in [0.5, 0.6) is 0 Å². The number of amides is 4. The number of fused-ring (bicyclic) bond motifs is 1. The molecule has 144 valence electrons. The highest BCUT2D eigenvalue weighted by Gasteiger charge is 2.32. The molecule has 10 nitrogen and oxygen atoms in total. The number of nitrogens with zero attached hydrogens (tertiary/aromatic N) is 1. The van der Waals surface area contributed by atoms with E-state index in [1.54, 1.807) is 24.3 Å². The van der Waals surface area contributed by atoms with E-state index in [1.807, 2.05) is 5.43 Å². The van der Waals surface area contributed by atoms with Gasteiger partial charge in [0.25, 0.3) is 11.8 Å². The largest absolute Gasteiger partial charge is 0.459 e. The zero-order valence-electron chi connectivity index (χ0n) is 14.5. The van der Waals surface area contributed by atoms with E-state index in [0.29, 0.717) is 11.1 Å². The third kappa shape index (κ3) is 4.23. The van der Waals surface area contributed by atoms with Gasteiger partial charge in [-0.2, -0.15) is 0 Å². The Morgan fingerprint density at radius 1 is 1.07 bits per heavy atom. The third-order valence-corrected chi connectivity index (χ3v) is 3.85. The van der Waals surface area contributed by atoms with E-state index in [9.17, 15) is 24.0 Å². The van der Waals surface area contributed by atoms with E-state index in [4.69, 9.17) is 9.15 Å². The van der Waals surface area contributed by atoms with Gasteiger partial charge >= 0.3 is 11.9 Å². The Labute approximate surface area is 158 Å². The summed E-state index contributed by atoms with van der Waals surface area (Å²) in [6, 6.07) is 9.50. The lowest BCUT2D eigenvalue weighted by atomic mass is 9.98. The predicted molar refractivity (Wildman–Crippen MR) is 91.5 cm³/mol. The van der Waals surface area contributed by atoms with Gasteiger partial charge in [-0.3, -0.25) is 39.7 Å². The van der Waals surface area contributed by atoms with Crippen molar-refractivity contribution >= 4 is 29.6 Å². The van der Waals surface area contributed by atoms with E-state index in [-0.39, 0.29) is 12.2 Å². The third-order valence-electron chi connectivity index (χ3n) is 3.85. The Morgan fingerprint density at radius 3 is 2.61 bits per heavy atom. The standard InChI is InChI=1S/C18H15N3O7/c22-14(19-20-17(25)13-6-3-7-27-13)10-28-16(24)9-21-15(23)8-11-4-1-2-5-12(11)18(21)26/h1-7H,8-10H2,(H,19,22)(H,20,25). The van der Waals surface area contributed by atoms with Gasteiger partial charge in [0.05, 0.1) is 12.7 Å². The Kier molecular flexibility index (Phi) is 5.49. The Balaban J connectivity index is 1.46. The van der Waals surface area contributed by atoms with Gasteiger partial charge in [-0.1, -0.05) is 18.2 Å². The van der Waals surface area contributed by atoms with Crippen molar-refractivity contribution in [1.29, 1.82) is 0 Å². The molecule has 3 rings (SSSR count). The second-order valence-corrected chi connectivity index (χ2v) is 5.76. The van der Waals surface area contributed by atoms with Crippen molar-refractivity contribution in [2.45, 2.75) is 6.42 Å². The molecule has 0 radical (unpaired) electrons. The molecule has 0 aliphatic carbocycles. The molecule has 0 spiro atoms. The van der Waals surface area contributed by atoms with E-state index in [2.05, 4.69) is 5.43 Å². The summed E-state index contributed by atoms with van der Waals surface area (Å²) >= 11 is 0. The van der Waals surface area contributed by atoms with Crippen LogP contribution in [0.1, 0.15) is 26.5 Å². The number of hydrogen-bond acceptors (Lipinski definition) is 7. The second kappa shape index (κ2) is 8.16. The summed E-state index contributed by atoms with van der Waals surface area (Å²) in [6.45, 7) is -1.32. The van der Waals surface area contributed by atoms with Crippen molar-refractivity contribution in [2.75, 3.05) is 13.2 Å². The normalized spacial score (nSPS) is 12.9. The molecule has 1 aromatic carbocycles. The quantitative estimate of drug-likeness (QED) is 0.414. The number of rotatable bonds is 5. The molecule has 2 N–H and O–H groups in total. The van der Waals surface area contributed by atoms with Gasteiger partial charge < -0.3 is 9.15 Å². The molecule has 0 unspecified atom stereocenters. The highest BCUT2D eigenvalue weighted by molar-refractivity contribution is 6.11. The summed E-state index contributed by atoms with van der Waals surface area (Å²) < 4.78 is 9.58. The van der Waals surface area contributed by atoms with Gasteiger partial charge in [-0.05, 0) is 23.8 Å². The van der Waals surface area contributed by atoms with Crippen molar-refractivity contribution in [1.82, 2.24) is 15.8 Å². The minimum Gasteiger partial charge on any atom is -0.459 e. The zero-order chi connectivity index (χ0) is 20.1. The molecule has 0 saturated carbocycles. The molecule has 0 fully saturated rings. The molecule has 1 aliphatic rings. The Morgan fingerprint density at radius 2 is 1.86 bits per heavy atom. The lowest BCUT2D eigenvalue weighted by molar-refractivity contribution is -0.151. The highest BCUT2D eigenvalue weighted by atomic mass is 16.5. The van der Waals surface area contributed by atoms with Crippen molar-refractivity contribution in [3.05, 3.63) is 59.5 Å². The predicted octanol–water partition coefficient (Wildman–Crippen LogP) is -0.191. The van der Waals surface area contributed by atoms with Crippen molar-refractivity contribution in [3.63, 3.8) is 0 Å². The highest BCUT2D eigenvalue weighted by Crippen LogP contribution is 2.19. The van der Waals surface area contributed by atoms with Crippen LogP contribution in [0, 0.1) is 0 Å². The topological polar surface area (TPSA) is 135 Å². The number of esters is 1. The van der Waals surface area contributed by atoms with Crippen LogP contribution in [0.3, 0.4) is 0 Å². The SMILES string of the molecule is O=C(COC(=O)CN1C(=O)Cc2ccccc2C1=O)NNC(=O)c1ccco1. The van der Waals surface area contributed by atoms with E-state index >= 15 is 0 Å². The average Bonchev–Trinajstić information content (AvgIpc) is 3.22. The zero-order valence-corrected chi connectivity index (χ0v) is 14.5. The number of furan rings is 1. The number of imide groups is 1. The molecule has 2 aromatic rings. The minimum absolute atomic E-state index is 0.00547. The fraction of sp³-hybridized carbons (Fsp3) is 0.167. The van der Waals surface area contributed by atoms with Gasteiger partial charge in [-0.25, -0.2) is 0 Å². The van der Waals surface area contributed by atoms with Gasteiger partial charge in [0.15, 0.2) is 12.4 Å². The average molecular weight is 385 g/mol. The molecule has 28 heavy (non-hydrogen) atoms. The van der Waals surface area contributed by atoms with Crippen LogP contribution in [0.15, 0.2) is 47.1 Å². The van der Waals surface area contributed by atoms with Crippen LogP contribution in [-0.4, -0.2) is 47.6 Å². The monoisotopic (exact) mass is 385 g/mol. The smallest absolute Gasteiger partial charge is 0.326 e. The number of hydrazine groups is 1. The lowest BCUT2D eigenvalue weighted by Crippen LogP contribution is -2.46. The molecular formula is C18H15N3O7. The molecule has 2 heterocycles. The van der Waals surface area contributed by atoms with Gasteiger partial charge in [0, 0.05) is 5.56 Å². The van der Waals surface area contributed by atoms with Crippen LogP contribution in [0.25, 0.3) is 0 Å². The van der Waals surface area contributed by atoms with Gasteiger partial charge in [-0.15, -0.1) is 0 Å². The van der Waals surface area contributed by atoms with E-state index in [1.165, 1.54) is 18.4 Å². The maximum atomic E-state index is 12.4. The summed E-state index contributed by atoms with van der Waals surface area (Å²) in [5.41, 5.74) is 5.04. The van der Waals surface area contributed by atoms with E-state index < -0.39 is 42.7 Å². The van der Waals surface area contributed by atoms with Crippen LogP contribution in [-0.2, 0) is 25.5 Å². The number of carbonyl (C=O) groups excluding carboxylic acids is 5. The Bertz CT molecular complexity index is 936. The first kappa shape index (κ1) is 18.8. The molecule has 1 aliphatic heterocycles. The summed E-state index contributed by atoms with van der Waals surface area (Å²) in [7, 11) is 0. The summed E-state index contributed by atoms with van der Waals surface area (Å²) in [6.07, 6.45) is 1.29. The van der Waals surface area contributed by atoms with Crippen molar-refractivity contribution in [3.8, 4) is 0 Å². The Hall–Kier alpha value is -3.95. The summed E-state index contributed by atoms with van der Waals surface area (Å²) in [5.74, 6) is -3.58. The molecule has 4 amide bonds. The second-order valence-electron chi connectivity index (χ2n) is 5.76. The first-order valence-corrected chi connectivity index (χ1v) is 8.16.